The van der Waals surface area contributed by atoms with Gasteiger partial charge in [0.15, 0.2) is 5.75 Å². The van der Waals surface area contributed by atoms with E-state index in [4.69, 9.17) is 4.74 Å². The third-order valence-electron chi connectivity index (χ3n) is 3.94. The van der Waals surface area contributed by atoms with Gasteiger partial charge in [-0.2, -0.15) is 5.10 Å². The van der Waals surface area contributed by atoms with E-state index < -0.39 is 6.10 Å². The van der Waals surface area contributed by atoms with Crippen molar-refractivity contribution in [3.05, 3.63) is 46.3 Å². The average molecular weight is 288 g/mol. The first-order valence-electron chi connectivity index (χ1n) is 7.35. The lowest BCUT2D eigenvalue weighted by atomic mass is 9.95. The van der Waals surface area contributed by atoms with E-state index in [9.17, 15) is 5.11 Å². The number of aromatic nitrogens is 2. The van der Waals surface area contributed by atoms with Crippen molar-refractivity contribution in [2.45, 2.75) is 46.8 Å². The fraction of sp³-hybridized carbons (Fsp3) is 0.471. The van der Waals surface area contributed by atoms with Gasteiger partial charge in [0.2, 0.25) is 0 Å². The molecule has 1 aromatic carbocycles. The van der Waals surface area contributed by atoms with Crippen LogP contribution in [-0.2, 0) is 6.54 Å². The molecule has 0 radical (unpaired) electrons. The second kappa shape index (κ2) is 6.31. The van der Waals surface area contributed by atoms with Crippen LogP contribution in [0.25, 0.3) is 0 Å². The molecule has 4 nitrogen and oxygen atoms in total. The number of methoxy groups -OCH3 is 1. The van der Waals surface area contributed by atoms with Crippen molar-refractivity contribution >= 4 is 0 Å². The van der Waals surface area contributed by atoms with Crippen molar-refractivity contribution in [1.82, 2.24) is 9.78 Å². The topological polar surface area (TPSA) is 47.3 Å². The lowest BCUT2D eigenvalue weighted by Gasteiger charge is -2.18. The zero-order valence-electron chi connectivity index (χ0n) is 13.5. The third-order valence-corrected chi connectivity index (χ3v) is 3.94. The summed E-state index contributed by atoms with van der Waals surface area (Å²) in [5.41, 5.74) is 5.13. The maximum atomic E-state index is 10.9. The van der Waals surface area contributed by atoms with Gasteiger partial charge in [-0.05, 0) is 49.4 Å². The van der Waals surface area contributed by atoms with Gasteiger partial charge in [-0.25, -0.2) is 0 Å². The fourth-order valence-corrected chi connectivity index (χ4v) is 2.63. The minimum Gasteiger partial charge on any atom is -0.493 e. The predicted octanol–water partition coefficient (Wildman–Crippen LogP) is 3.31. The van der Waals surface area contributed by atoms with Crippen molar-refractivity contribution in [1.29, 1.82) is 0 Å². The van der Waals surface area contributed by atoms with Crippen LogP contribution in [0.1, 0.15) is 47.4 Å². The molecule has 1 atom stereocenters. The summed E-state index contributed by atoms with van der Waals surface area (Å²) in [7, 11) is 1.61. The van der Waals surface area contributed by atoms with Crippen molar-refractivity contribution < 1.29 is 9.84 Å². The maximum absolute atomic E-state index is 10.9. The van der Waals surface area contributed by atoms with Gasteiger partial charge in [0.05, 0.1) is 13.3 Å². The highest BCUT2D eigenvalue weighted by Crippen LogP contribution is 2.32. The standard InChI is InChI=1S/C17H24N2O2/c1-6-7-19-16(15(21-5)10-18-19)17(20)14-9-12(3)11(2)8-13(14)4/h8-10,17,20H,6-7H2,1-5H3. The van der Waals surface area contributed by atoms with Crippen LogP contribution >= 0.6 is 0 Å². The Bertz CT molecular complexity index is 632. The number of hydrogen-bond acceptors (Lipinski definition) is 3. The van der Waals surface area contributed by atoms with Gasteiger partial charge in [0.1, 0.15) is 11.8 Å². The summed E-state index contributed by atoms with van der Waals surface area (Å²) < 4.78 is 7.20. The molecule has 0 bridgehead atoms. The Morgan fingerprint density at radius 2 is 1.86 bits per heavy atom. The van der Waals surface area contributed by atoms with Crippen molar-refractivity contribution in [3.63, 3.8) is 0 Å². The van der Waals surface area contributed by atoms with E-state index >= 15 is 0 Å². The Balaban J connectivity index is 2.51. The van der Waals surface area contributed by atoms with Crippen LogP contribution in [0.5, 0.6) is 5.75 Å². The zero-order chi connectivity index (χ0) is 15.6. The van der Waals surface area contributed by atoms with Crippen LogP contribution in [0, 0.1) is 20.8 Å². The van der Waals surface area contributed by atoms with E-state index in [1.54, 1.807) is 13.3 Å². The fourth-order valence-electron chi connectivity index (χ4n) is 2.63. The number of hydrogen-bond donors (Lipinski definition) is 1. The van der Waals surface area contributed by atoms with Crippen LogP contribution in [0.3, 0.4) is 0 Å². The molecule has 1 unspecified atom stereocenters. The Labute approximate surface area is 126 Å². The highest BCUT2D eigenvalue weighted by atomic mass is 16.5. The molecule has 21 heavy (non-hydrogen) atoms. The number of aryl methyl sites for hydroxylation is 4. The smallest absolute Gasteiger partial charge is 0.163 e. The number of rotatable bonds is 5. The molecule has 0 aliphatic rings. The Kier molecular flexibility index (Phi) is 4.68. The first-order valence-corrected chi connectivity index (χ1v) is 7.35. The molecule has 2 aromatic rings. The lowest BCUT2D eigenvalue weighted by Crippen LogP contribution is -2.12. The molecule has 0 saturated heterocycles. The summed E-state index contributed by atoms with van der Waals surface area (Å²) >= 11 is 0. The van der Waals surface area contributed by atoms with E-state index in [1.807, 2.05) is 11.6 Å². The summed E-state index contributed by atoms with van der Waals surface area (Å²) in [4.78, 5) is 0. The van der Waals surface area contributed by atoms with E-state index in [1.165, 1.54) is 11.1 Å². The quantitative estimate of drug-likeness (QED) is 0.918. The number of aliphatic hydroxyl groups excluding tert-OH is 1. The predicted molar refractivity (Wildman–Crippen MR) is 83.8 cm³/mol. The van der Waals surface area contributed by atoms with E-state index in [0.29, 0.717) is 5.75 Å². The first kappa shape index (κ1) is 15.6. The monoisotopic (exact) mass is 288 g/mol. The summed E-state index contributed by atoms with van der Waals surface area (Å²) in [5, 5.41) is 15.2. The molecular weight excluding hydrogens is 264 g/mol. The minimum absolute atomic E-state index is 0.633. The van der Waals surface area contributed by atoms with Gasteiger partial charge in [-0.3, -0.25) is 4.68 Å². The largest absolute Gasteiger partial charge is 0.493 e. The lowest BCUT2D eigenvalue weighted by molar-refractivity contribution is 0.201. The van der Waals surface area contributed by atoms with E-state index in [2.05, 4.69) is 38.0 Å². The molecule has 0 spiro atoms. The highest BCUT2D eigenvalue weighted by Gasteiger charge is 2.23. The molecule has 4 heteroatoms. The molecular formula is C17H24N2O2. The van der Waals surface area contributed by atoms with Crippen molar-refractivity contribution in [2.75, 3.05) is 7.11 Å². The van der Waals surface area contributed by atoms with Gasteiger partial charge >= 0.3 is 0 Å². The van der Waals surface area contributed by atoms with Gasteiger partial charge in [0.25, 0.3) is 0 Å². The number of ether oxygens (including phenoxy) is 1. The van der Waals surface area contributed by atoms with E-state index in [-0.39, 0.29) is 0 Å². The number of benzene rings is 1. The summed E-state index contributed by atoms with van der Waals surface area (Å²) in [5.74, 6) is 0.633. The zero-order valence-corrected chi connectivity index (χ0v) is 13.5. The second-order valence-corrected chi connectivity index (χ2v) is 5.52. The SMILES string of the molecule is CCCn1ncc(OC)c1C(O)c1cc(C)c(C)cc1C. The van der Waals surface area contributed by atoms with Gasteiger partial charge in [-0.15, -0.1) is 0 Å². The van der Waals surface area contributed by atoms with Crippen molar-refractivity contribution in [3.8, 4) is 5.75 Å². The van der Waals surface area contributed by atoms with Gasteiger partial charge in [0, 0.05) is 6.54 Å². The van der Waals surface area contributed by atoms with Crippen LogP contribution < -0.4 is 4.74 Å². The number of nitrogens with zero attached hydrogens (tertiary/aromatic N) is 2. The van der Waals surface area contributed by atoms with Crippen molar-refractivity contribution in [2.24, 2.45) is 0 Å². The molecule has 0 saturated carbocycles. The van der Waals surface area contributed by atoms with Crippen LogP contribution in [0.4, 0.5) is 0 Å². The average Bonchev–Trinajstić information content (AvgIpc) is 2.85. The molecule has 0 aliphatic heterocycles. The summed E-state index contributed by atoms with van der Waals surface area (Å²) in [6, 6.07) is 4.17. The normalized spacial score (nSPS) is 12.5. The molecule has 1 N–H and O–H groups in total. The molecule has 0 aliphatic carbocycles. The third kappa shape index (κ3) is 2.95. The highest BCUT2D eigenvalue weighted by molar-refractivity contribution is 5.42. The minimum atomic E-state index is -0.728. The van der Waals surface area contributed by atoms with E-state index in [0.717, 1.165) is 29.8 Å². The molecule has 1 heterocycles. The molecule has 1 aromatic heterocycles. The van der Waals surface area contributed by atoms with Gasteiger partial charge < -0.3 is 9.84 Å². The summed E-state index contributed by atoms with van der Waals surface area (Å²) in [6.45, 7) is 9.02. The maximum Gasteiger partial charge on any atom is 0.163 e. The first-order chi connectivity index (χ1) is 9.99. The van der Waals surface area contributed by atoms with Crippen LogP contribution in [0.2, 0.25) is 0 Å². The Hall–Kier alpha value is -1.81. The Morgan fingerprint density at radius 1 is 1.19 bits per heavy atom. The molecule has 0 amide bonds. The number of aliphatic hydroxyl groups is 1. The molecule has 0 fully saturated rings. The molecule has 114 valence electrons. The van der Waals surface area contributed by atoms with Crippen LogP contribution in [-0.4, -0.2) is 22.0 Å². The van der Waals surface area contributed by atoms with Gasteiger partial charge in [-0.1, -0.05) is 19.1 Å². The van der Waals surface area contributed by atoms with Crippen LogP contribution in [0.15, 0.2) is 18.3 Å². The molecule has 2 rings (SSSR count). The second-order valence-electron chi connectivity index (χ2n) is 5.52. The summed E-state index contributed by atoms with van der Waals surface area (Å²) in [6.07, 6.45) is 1.90. The Morgan fingerprint density at radius 3 is 2.48 bits per heavy atom.